The van der Waals surface area contributed by atoms with Crippen LogP contribution in [0.5, 0.6) is 0 Å². The van der Waals surface area contributed by atoms with Gasteiger partial charge in [0.2, 0.25) is 0 Å². The van der Waals surface area contributed by atoms with E-state index in [9.17, 15) is 0 Å². The minimum absolute atomic E-state index is 0.000185. The maximum atomic E-state index is 4.50. The van der Waals surface area contributed by atoms with Crippen LogP contribution in [0.1, 0.15) is 32.3 Å². The van der Waals surface area contributed by atoms with E-state index in [-0.39, 0.29) is 5.54 Å². The molecule has 1 aromatic heterocycles. The summed E-state index contributed by atoms with van der Waals surface area (Å²) >= 11 is 1.80. The molecular weight excluding hydrogens is 276 g/mol. The van der Waals surface area contributed by atoms with Crippen LogP contribution in [0, 0.1) is 0 Å². The summed E-state index contributed by atoms with van der Waals surface area (Å²) in [6, 6.07) is 8.77. The van der Waals surface area contributed by atoms with E-state index in [1.54, 1.807) is 11.9 Å². The van der Waals surface area contributed by atoms with Gasteiger partial charge in [-0.25, -0.2) is 4.57 Å². The van der Waals surface area contributed by atoms with Crippen molar-refractivity contribution >= 4 is 40.3 Å². The van der Waals surface area contributed by atoms with Gasteiger partial charge in [0.25, 0.3) is 0 Å². The Hall–Kier alpha value is -1.74. The van der Waals surface area contributed by atoms with Crippen LogP contribution in [0.25, 0.3) is 22.5 Å². The van der Waals surface area contributed by atoms with Crippen molar-refractivity contribution in [3.8, 4) is 0 Å². The van der Waals surface area contributed by atoms with Gasteiger partial charge in [0.05, 0.1) is 28.9 Å². The van der Waals surface area contributed by atoms with Crippen LogP contribution in [-0.2, 0) is 0 Å². The Labute approximate surface area is 129 Å². The minimum Gasteiger partial charge on any atom is -0.205 e. The fourth-order valence-electron chi connectivity index (χ4n) is 3.74. The third kappa shape index (κ3) is 1.47. The molecule has 2 nitrogen and oxygen atoms in total. The highest BCUT2D eigenvalue weighted by Gasteiger charge is 2.50. The lowest BCUT2D eigenvalue weighted by Crippen LogP contribution is -2.52. The third-order valence-corrected chi connectivity index (χ3v) is 5.98. The fraction of sp³-hybridized carbons (Fsp3) is 0.278. The molecule has 2 aliphatic heterocycles. The van der Waals surface area contributed by atoms with E-state index < -0.39 is 0 Å². The molecule has 2 aliphatic rings. The molecule has 0 spiro atoms. The molecule has 0 atom stereocenters. The van der Waals surface area contributed by atoms with E-state index >= 15 is 0 Å². The van der Waals surface area contributed by atoms with Crippen molar-refractivity contribution in [3.63, 3.8) is 0 Å². The summed E-state index contributed by atoms with van der Waals surface area (Å²) in [6.07, 6.45) is 6.44. The van der Waals surface area contributed by atoms with E-state index in [1.807, 2.05) is 0 Å². The molecule has 0 fully saturated rings. The second kappa shape index (κ2) is 4.38. The van der Waals surface area contributed by atoms with Crippen molar-refractivity contribution in [2.45, 2.75) is 32.2 Å². The number of anilines is 1. The largest absolute Gasteiger partial charge is 0.302 e. The van der Waals surface area contributed by atoms with E-state index in [0.717, 1.165) is 12.8 Å². The highest BCUT2D eigenvalue weighted by molar-refractivity contribution is 8.03. The first-order valence-electron chi connectivity index (χ1n) is 7.53. The second-order valence-electron chi connectivity index (χ2n) is 5.72. The number of aromatic nitrogens is 1. The monoisotopic (exact) mass is 295 g/mol. The number of pyridine rings is 1. The molecule has 0 unspecified atom stereocenters. The molecule has 1 aromatic carbocycles. The zero-order valence-corrected chi connectivity index (χ0v) is 13.3. The smallest absolute Gasteiger partial charge is 0.205 e. The highest BCUT2D eigenvalue weighted by Crippen LogP contribution is 2.51. The number of benzene rings is 1. The first-order chi connectivity index (χ1) is 10.2. The molecule has 0 amide bonds. The van der Waals surface area contributed by atoms with E-state index in [1.165, 1.54) is 27.7 Å². The molecule has 0 N–H and O–H groups in total. The van der Waals surface area contributed by atoms with E-state index in [2.05, 4.69) is 71.4 Å². The van der Waals surface area contributed by atoms with Crippen molar-refractivity contribution < 1.29 is 4.57 Å². The predicted octanol–water partition coefficient (Wildman–Crippen LogP) is 4.61. The molecule has 0 bridgehead atoms. The van der Waals surface area contributed by atoms with Gasteiger partial charge in [-0.15, -0.1) is 0 Å². The zero-order valence-electron chi connectivity index (χ0n) is 12.5. The van der Waals surface area contributed by atoms with Gasteiger partial charge in [0.1, 0.15) is 11.7 Å². The molecule has 106 valence electrons. The summed E-state index contributed by atoms with van der Waals surface area (Å²) in [5, 5.41) is 4.79. The Morgan fingerprint density at radius 2 is 2.05 bits per heavy atom. The van der Waals surface area contributed by atoms with Crippen LogP contribution in [0.4, 0.5) is 5.82 Å². The average molecular weight is 295 g/mol. The normalized spacial score (nSPS) is 18.4. The van der Waals surface area contributed by atoms with Gasteiger partial charge in [-0.3, -0.25) is 0 Å². The lowest BCUT2D eigenvalue weighted by molar-refractivity contribution is -0.553. The molecular formula is C18H19N2S+. The van der Waals surface area contributed by atoms with Crippen LogP contribution >= 0.6 is 11.9 Å². The van der Waals surface area contributed by atoms with Gasteiger partial charge >= 0.3 is 5.82 Å². The van der Waals surface area contributed by atoms with Gasteiger partial charge in [0.15, 0.2) is 0 Å². The number of rotatable bonds is 2. The van der Waals surface area contributed by atoms with E-state index in [0.29, 0.717) is 0 Å². The number of hydrogen-bond donors (Lipinski definition) is 0. The molecule has 4 rings (SSSR count). The maximum absolute atomic E-state index is 4.50. The Morgan fingerprint density at radius 3 is 2.81 bits per heavy atom. The van der Waals surface area contributed by atoms with Crippen LogP contribution < -0.4 is 8.87 Å². The van der Waals surface area contributed by atoms with Gasteiger partial charge in [-0.2, -0.15) is 4.31 Å². The molecule has 0 aliphatic carbocycles. The first-order valence-corrected chi connectivity index (χ1v) is 8.37. The van der Waals surface area contributed by atoms with E-state index in [4.69, 9.17) is 0 Å². The van der Waals surface area contributed by atoms with Crippen LogP contribution in [-0.4, -0.2) is 5.54 Å². The summed E-state index contributed by atoms with van der Waals surface area (Å²) in [4.78, 5) is 0. The third-order valence-electron chi connectivity index (χ3n) is 5.01. The van der Waals surface area contributed by atoms with Crippen molar-refractivity contribution in [2.24, 2.45) is 0 Å². The molecule has 21 heavy (non-hydrogen) atoms. The maximum Gasteiger partial charge on any atom is 0.302 e. The second-order valence-corrected chi connectivity index (χ2v) is 6.57. The SMILES string of the molecule is C=C1c2cccc3cc[n+]4c(c23)N(SC=C4)C1(CC)CC. The Balaban J connectivity index is 2.17. The molecule has 2 aromatic rings. The van der Waals surface area contributed by atoms with Gasteiger partial charge in [0, 0.05) is 5.57 Å². The summed E-state index contributed by atoms with van der Waals surface area (Å²) in [6.45, 7) is 9.04. The topological polar surface area (TPSA) is 7.12 Å². The highest BCUT2D eigenvalue weighted by atomic mass is 32.2. The lowest BCUT2D eigenvalue weighted by atomic mass is 9.77. The van der Waals surface area contributed by atoms with Crippen molar-refractivity contribution in [3.05, 3.63) is 48.0 Å². The molecule has 3 heteroatoms. The Bertz CT molecular complexity index is 787. The molecule has 0 radical (unpaired) electrons. The van der Waals surface area contributed by atoms with Gasteiger partial charge in [-0.1, -0.05) is 38.6 Å². The average Bonchev–Trinajstić information content (AvgIpc) is 2.55. The van der Waals surface area contributed by atoms with Crippen LogP contribution in [0.15, 0.2) is 42.4 Å². The first kappa shape index (κ1) is 13.0. The van der Waals surface area contributed by atoms with Gasteiger partial charge < -0.3 is 0 Å². The Kier molecular flexibility index (Phi) is 2.70. The van der Waals surface area contributed by atoms with Crippen molar-refractivity contribution in [2.75, 3.05) is 4.31 Å². The van der Waals surface area contributed by atoms with Gasteiger partial charge in [-0.05, 0) is 29.9 Å². The number of hydrogen-bond acceptors (Lipinski definition) is 2. The van der Waals surface area contributed by atoms with Crippen molar-refractivity contribution in [1.82, 2.24) is 0 Å². The molecule has 0 saturated carbocycles. The molecule has 0 saturated heterocycles. The Morgan fingerprint density at radius 1 is 1.24 bits per heavy atom. The summed E-state index contributed by atoms with van der Waals surface area (Å²) in [5.74, 6) is 1.30. The fourth-order valence-corrected chi connectivity index (χ4v) is 4.90. The van der Waals surface area contributed by atoms with Crippen LogP contribution in [0.3, 0.4) is 0 Å². The summed E-state index contributed by atoms with van der Waals surface area (Å²) in [7, 11) is 0. The van der Waals surface area contributed by atoms with Crippen LogP contribution in [0.2, 0.25) is 0 Å². The standard InChI is InChI=1S/C18H19N2S/c1-4-18(5-2)13(3)15-8-6-7-14-9-10-19-11-12-21-20(18)17(19)16(14)15/h6-12H,3-5H2,1-2H3/q+1. The van der Waals surface area contributed by atoms with Crippen molar-refractivity contribution in [1.29, 1.82) is 0 Å². The quantitative estimate of drug-likeness (QED) is 0.590. The predicted molar refractivity (Wildman–Crippen MR) is 91.9 cm³/mol. The summed E-state index contributed by atoms with van der Waals surface area (Å²) in [5.41, 5.74) is 2.57. The summed E-state index contributed by atoms with van der Waals surface area (Å²) < 4.78 is 4.72. The minimum atomic E-state index is -0.000185. The lowest BCUT2D eigenvalue weighted by Gasteiger charge is -2.42. The number of nitrogens with zero attached hydrogens (tertiary/aromatic N) is 2. The zero-order chi connectivity index (χ0) is 14.6. The molecule has 3 heterocycles.